The molecule has 1 N–H and O–H groups in total. The maximum absolute atomic E-state index is 3.62. The van der Waals surface area contributed by atoms with Gasteiger partial charge in [0.05, 0.1) is 0 Å². The number of hydrogen-bond acceptors (Lipinski definition) is 3. The van der Waals surface area contributed by atoms with Gasteiger partial charge in [-0.2, -0.15) is 11.8 Å². The predicted octanol–water partition coefficient (Wildman–Crippen LogP) is 3.17. The van der Waals surface area contributed by atoms with Crippen LogP contribution in [0.4, 0.5) is 0 Å². The van der Waals surface area contributed by atoms with E-state index in [1.54, 1.807) is 0 Å². The summed E-state index contributed by atoms with van der Waals surface area (Å²) in [6, 6.07) is 11.4. The Morgan fingerprint density at radius 2 is 2.05 bits per heavy atom. The van der Waals surface area contributed by atoms with Crippen molar-refractivity contribution < 1.29 is 0 Å². The summed E-state index contributed by atoms with van der Waals surface area (Å²) < 4.78 is 0. The van der Waals surface area contributed by atoms with Gasteiger partial charge >= 0.3 is 0 Å². The minimum atomic E-state index is 0.502. The topological polar surface area (TPSA) is 15.3 Å². The Morgan fingerprint density at radius 1 is 1.21 bits per heavy atom. The van der Waals surface area contributed by atoms with Crippen LogP contribution in [0, 0.1) is 0 Å². The van der Waals surface area contributed by atoms with Crippen molar-refractivity contribution in [1.29, 1.82) is 0 Å². The summed E-state index contributed by atoms with van der Waals surface area (Å²) in [6.07, 6.45) is 2.56. The lowest BCUT2D eigenvalue weighted by Crippen LogP contribution is -2.31. The highest BCUT2D eigenvalue weighted by Gasteiger charge is 2.13. The quantitative estimate of drug-likeness (QED) is 0.860. The molecule has 0 amide bonds. The number of nitrogens with one attached hydrogen (secondary N) is 1. The fourth-order valence-corrected chi connectivity index (χ4v) is 3.58. The minimum absolute atomic E-state index is 0.502. The van der Waals surface area contributed by atoms with Gasteiger partial charge in [-0.1, -0.05) is 37.3 Å². The van der Waals surface area contributed by atoms with Crippen LogP contribution in [0.1, 0.15) is 31.4 Å². The summed E-state index contributed by atoms with van der Waals surface area (Å²) in [4.78, 5) is 2.63. The Labute approximate surface area is 122 Å². The van der Waals surface area contributed by atoms with Crippen molar-refractivity contribution in [1.82, 2.24) is 10.2 Å². The summed E-state index contributed by atoms with van der Waals surface area (Å²) >= 11 is 2.10. The average molecular weight is 278 g/mol. The first-order valence-corrected chi connectivity index (χ1v) is 8.64. The van der Waals surface area contributed by atoms with Crippen molar-refractivity contribution in [3.8, 4) is 0 Å². The zero-order valence-corrected chi connectivity index (χ0v) is 12.8. The number of benzene rings is 1. The molecule has 106 valence electrons. The molecule has 1 unspecified atom stereocenters. The molecule has 0 aliphatic carbocycles. The third-order valence-corrected chi connectivity index (χ3v) is 4.75. The lowest BCUT2D eigenvalue weighted by atomic mass is 10.0. The van der Waals surface area contributed by atoms with Crippen LogP contribution in [-0.2, 0) is 0 Å². The molecule has 0 aromatic heterocycles. The molecule has 1 saturated heterocycles. The molecule has 0 radical (unpaired) electrons. The average Bonchev–Trinajstić information content (AvgIpc) is 2.73. The first-order valence-electron chi connectivity index (χ1n) is 7.48. The van der Waals surface area contributed by atoms with Gasteiger partial charge in [-0.05, 0) is 43.8 Å². The lowest BCUT2D eigenvalue weighted by Gasteiger charge is -2.24. The van der Waals surface area contributed by atoms with Crippen LogP contribution in [0.25, 0.3) is 0 Å². The molecule has 0 saturated carbocycles. The Bertz CT molecular complexity index is 334. The Hall–Kier alpha value is -0.510. The second-order valence-corrected chi connectivity index (χ2v) is 6.34. The van der Waals surface area contributed by atoms with E-state index in [-0.39, 0.29) is 0 Å². The van der Waals surface area contributed by atoms with Gasteiger partial charge in [0.25, 0.3) is 0 Å². The van der Waals surface area contributed by atoms with Gasteiger partial charge < -0.3 is 10.2 Å². The molecule has 2 rings (SSSR count). The van der Waals surface area contributed by atoms with E-state index in [4.69, 9.17) is 0 Å². The third kappa shape index (κ3) is 5.17. The molecule has 1 aliphatic rings. The summed E-state index contributed by atoms with van der Waals surface area (Å²) in [5.74, 6) is 2.64. The molecule has 1 atom stereocenters. The molecule has 19 heavy (non-hydrogen) atoms. The van der Waals surface area contributed by atoms with E-state index in [1.165, 1.54) is 49.5 Å². The molecule has 0 bridgehead atoms. The first kappa shape index (κ1) is 14.9. The van der Waals surface area contributed by atoms with E-state index in [0.717, 1.165) is 6.54 Å². The number of rotatable bonds is 6. The molecule has 1 fully saturated rings. The van der Waals surface area contributed by atoms with Crippen molar-refractivity contribution >= 4 is 11.8 Å². The minimum Gasteiger partial charge on any atom is -0.310 e. The number of hydrogen-bond donors (Lipinski definition) is 1. The van der Waals surface area contributed by atoms with Crippen LogP contribution in [0.3, 0.4) is 0 Å². The van der Waals surface area contributed by atoms with E-state index in [1.807, 2.05) is 0 Å². The second-order valence-electron chi connectivity index (χ2n) is 5.12. The van der Waals surface area contributed by atoms with Gasteiger partial charge in [0.1, 0.15) is 0 Å². The van der Waals surface area contributed by atoms with Crippen LogP contribution < -0.4 is 5.32 Å². The van der Waals surface area contributed by atoms with Gasteiger partial charge in [0.15, 0.2) is 0 Å². The fraction of sp³-hybridized carbons (Fsp3) is 0.625. The molecule has 1 aromatic rings. The van der Waals surface area contributed by atoms with E-state index < -0.39 is 0 Å². The third-order valence-electron chi connectivity index (χ3n) is 3.70. The lowest BCUT2D eigenvalue weighted by molar-refractivity contribution is 0.275. The summed E-state index contributed by atoms with van der Waals surface area (Å²) in [7, 11) is 0. The monoisotopic (exact) mass is 278 g/mol. The fourth-order valence-electron chi connectivity index (χ4n) is 2.65. The van der Waals surface area contributed by atoms with Gasteiger partial charge in [-0.3, -0.25) is 0 Å². The Balaban J connectivity index is 1.86. The maximum atomic E-state index is 3.62. The van der Waals surface area contributed by atoms with Gasteiger partial charge in [0, 0.05) is 18.3 Å². The normalized spacial score (nSPS) is 19.0. The molecule has 1 aromatic carbocycles. The molecule has 3 heteroatoms. The molecule has 2 nitrogen and oxygen atoms in total. The van der Waals surface area contributed by atoms with Crippen molar-refractivity contribution in [2.45, 2.75) is 25.8 Å². The van der Waals surface area contributed by atoms with Gasteiger partial charge in [-0.25, -0.2) is 0 Å². The maximum Gasteiger partial charge on any atom is 0.0332 e. The SMILES string of the molecule is CCNC(CCN1CCCSCC1)c1ccccc1. The van der Waals surface area contributed by atoms with Crippen LogP contribution in [0.5, 0.6) is 0 Å². The highest BCUT2D eigenvalue weighted by molar-refractivity contribution is 7.99. The highest BCUT2D eigenvalue weighted by atomic mass is 32.2. The molecule has 0 spiro atoms. The van der Waals surface area contributed by atoms with Gasteiger partial charge in [0.2, 0.25) is 0 Å². The zero-order chi connectivity index (χ0) is 13.3. The summed E-state index contributed by atoms with van der Waals surface area (Å²) in [5.41, 5.74) is 1.42. The molecule has 1 heterocycles. The van der Waals surface area contributed by atoms with Crippen LogP contribution in [-0.4, -0.2) is 42.6 Å². The standard InChI is InChI=1S/C16H26N2S/c1-2-17-16(15-7-4-3-5-8-15)9-11-18-10-6-13-19-14-12-18/h3-5,7-8,16-17H,2,6,9-14H2,1H3. The van der Waals surface area contributed by atoms with Crippen molar-refractivity contribution in [3.05, 3.63) is 35.9 Å². The highest BCUT2D eigenvalue weighted by Crippen LogP contribution is 2.18. The Morgan fingerprint density at radius 3 is 2.84 bits per heavy atom. The van der Waals surface area contributed by atoms with Crippen molar-refractivity contribution in [3.63, 3.8) is 0 Å². The van der Waals surface area contributed by atoms with E-state index in [2.05, 4.69) is 59.2 Å². The first-order chi connectivity index (χ1) is 9.40. The van der Waals surface area contributed by atoms with Crippen molar-refractivity contribution in [2.75, 3.05) is 37.7 Å². The Kier molecular flexibility index (Phi) is 6.75. The smallest absolute Gasteiger partial charge is 0.0332 e. The molecule has 1 aliphatic heterocycles. The predicted molar refractivity (Wildman–Crippen MR) is 85.9 cm³/mol. The second kappa shape index (κ2) is 8.62. The van der Waals surface area contributed by atoms with Crippen molar-refractivity contribution in [2.24, 2.45) is 0 Å². The zero-order valence-electron chi connectivity index (χ0n) is 12.0. The number of thioether (sulfide) groups is 1. The largest absolute Gasteiger partial charge is 0.310 e. The van der Waals surface area contributed by atoms with Crippen LogP contribution in [0.2, 0.25) is 0 Å². The van der Waals surface area contributed by atoms with E-state index in [9.17, 15) is 0 Å². The van der Waals surface area contributed by atoms with Gasteiger partial charge in [-0.15, -0.1) is 0 Å². The molecular weight excluding hydrogens is 252 g/mol. The van der Waals surface area contributed by atoms with Crippen LogP contribution >= 0.6 is 11.8 Å². The van der Waals surface area contributed by atoms with E-state index >= 15 is 0 Å². The molecular formula is C16H26N2S. The van der Waals surface area contributed by atoms with E-state index in [0.29, 0.717) is 6.04 Å². The summed E-state index contributed by atoms with van der Waals surface area (Å²) in [5, 5.41) is 3.62. The number of nitrogens with zero attached hydrogens (tertiary/aromatic N) is 1. The summed E-state index contributed by atoms with van der Waals surface area (Å²) in [6.45, 7) is 6.99. The van der Waals surface area contributed by atoms with Crippen LogP contribution in [0.15, 0.2) is 30.3 Å².